The predicted molar refractivity (Wildman–Crippen MR) is 118 cm³/mol. The Morgan fingerprint density at radius 2 is 1.71 bits per heavy atom. The molecule has 9 nitrogen and oxygen atoms in total. The van der Waals surface area contributed by atoms with Crippen LogP contribution in [-0.2, 0) is 38.7 Å². The van der Waals surface area contributed by atoms with Crippen molar-refractivity contribution >= 4 is 27.8 Å². The Morgan fingerprint density at radius 3 is 2.29 bits per heavy atom. The maximum Gasteiger partial charge on any atom is 0.359 e. The molecule has 11 heteroatoms. The number of carbonyl (C=O) groups excluding carboxylic acids is 3. The minimum absolute atomic E-state index is 0.0130. The van der Waals surface area contributed by atoms with Crippen molar-refractivity contribution in [3.05, 3.63) is 0 Å². The molecule has 0 aliphatic heterocycles. The first-order valence-electron chi connectivity index (χ1n) is 11.7. The second kappa shape index (κ2) is 9.13. The molecule has 0 spiro atoms. The maximum absolute atomic E-state index is 14.0. The Morgan fingerprint density at radius 1 is 1.09 bits per heavy atom. The highest BCUT2D eigenvalue weighted by Gasteiger charge is 2.66. The van der Waals surface area contributed by atoms with E-state index < -0.39 is 49.8 Å². The Labute approximate surface area is 199 Å². The summed E-state index contributed by atoms with van der Waals surface area (Å²) in [5.74, 6) is -2.18. The van der Waals surface area contributed by atoms with E-state index in [2.05, 4.69) is 0 Å². The van der Waals surface area contributed by atoms with E-state index >= 15 is 0 Å². The van der Waals surface area contributed by atoms with Gasteiger partial charge in [0.1, 0.15) is 23.6 Å². The molecular formula is C23H35FO9S. The lowest BCUT2D eigenvalue weighted by Crippen LogP contribution is -2.66. The van der Waals surface area contributed by atoms with Crippen molar-refractivity contribution in [3.8, 4) is 0 Å². The van der Waals surface area contributed by atoms with Crippen LogP contribution in [0.5, 0.6) is 0 Å². The number of ether oxygens (including phenoxy) is 3. The molecule has 0 heterocycles. The van der Waals surface area contributed by atoms with Gasteiger partial charge in [-0.25, -0.2) is 14.0 Å². The van der Waals surface area contributed by atoms with Gasteiger partial charge in [-0.3, -0.25) is 9.35 Å². The second-order valence-electron chi connectivity index (χ2n) is 11.5. The molecule has 194 valence electrons. The quantitative estimate of drug-likeness (QED) is 0.350. The number of esters is 2. The van der Waals surface area contributed by atoms with E-state index in [1.165, 1.54) is 0 Å². The number of alkyl halides is 1. The fourth-order valence-corrected chi connectivity index (χ4v) is 6.97. The van der Waals surface area contributed by atoms with Gasteiger partial charge in [-0.2, -0.15) is 8.42 Å². The zero-order valence-corrected chi connectivity index (χ0v) is 21.0. The molecule has 0 aromatic carbocycles. The highest BCUT2D eigenvalue weighted by atomic mass is 32.2. The first kappa shape index (κ1) is 27.0. The summed E-state index contributed by atoms with van der Waals surface area (Å²) in [6, 6.07) is 0. The first-order chi connectivity index (χ1) is 15.5. The molecule has 5 atom stereocenters. The molecule has 5 unspecified atom stereocenters. The van der Waals surface area contributed by atoms with Crippen molar-refractivity contribution < 1.29 is 46.0 Å². The topological polar surface area (TPSA) is 133 Å². The minimum Gasteiger partial charge on any atom is -0.458 e. The standard InChI is InChI=1S/C23H35FO9S/c1-5-6-16(25)10-21-7-15-8-22(12-21,31-11-17(26)32-20(2,3)4)14-23(9-15,13-21)33-19(27)18(24)34(28,29)30/h15,18H,5-14H2,1-4H3,(H,28,29,30). The average Bonchev–Trinajstić information content (AvgIpc) is 2.62. The Balaban J connectivity index is 1.87. The number of Topliss-reactive ketones (excluding diaryl/α,β-unsaturated/α-hetero) is 1. The molecule has 4 rings (SSSR count). The lowest BCUT2D eigenvalue weighted by molar-refractivity contribution is -0.258. The maximum atomic E-state index is 14.0. The van der Waals surface area contributed by atoms with E-state index in [4.69, 9.17) is 18.8 Å². The van der Waals surface area contributed by atoms with Gasteiger partial charge in [0, 0.05) is 19.3 Å². The van der Waals surface area contributed by atoms with Crippen LogP contribution in [0.3, 0.4) is 0 Å². The molecule has 4 aliphatic rings. The van der Waals surface area contributed by atoms with Crippen LogP contribution in [0, 0.1) is 11.3 Å². The van der Waals surface area contributed by atoms with Crippen LogP contribution in [0.2, 0.25) is 0 Å². The van der Waals surface area contributed by atoms with Crippen molar-refractivity contribution in [2.24, 2.45) is 11.3 Å². The molecule has 0 amide bonds. The molecule has 0 aromatic rings. The third-order valence-corrected chi connectivity index (χ3v) is 7.58. The van der Waals surface area contributed by atoms with Gasteiger partial charge in [0.15, 0.2) is 0 Å². The van der Waals surface area contributed by atoms with Crippen LogP contribution in [0.1, 0.15) is 85.5 Å². The summed E-state index contributed by atoms with van der Waals surface area (Å²) in [4.78, 5) is 37.3. The van der Waals surface area contributed by atoms with Crippen molar-refractivity contribution in [1.82, 2.24) is 0 Å². The van der Waals surface area contributed by atoms with Gasteiger partial charge in [-0.15, -0.1) is 0 Å². The molecule has 4 saturated carbocycles. The minimum atomic E-state index is -5.27. The van der Waals surface area contributed by atoms with Gasteiger partial charge in [0.2, 0.25) is 0 Å². The highest BCUT2D eigenvalue weighted by Crippen LogP contribution is 2.66. The van der Waals surface area contributed by atoms with Crippen molar-refractivity contribution in [3.63, 3.8) is 0 Å². The second-order valence-corrected chi connectivity index (χ2v) is 12.9. The van der Waals surface area contributed by atoms with Crippen LogP contribution < -0.4 is 0 Å². The van der Waals surface area contributed by atoms with Crippen LogP contribution in [-0.4, -0.2) is 59.6 Å². The zero-order chi connectivity index (χ0) is 25.6. The Kier molecular flexibility index (Phi) is 7.25. The van der Waals surface area contributed by atoms with Gasteiger partial charge in [-0.1, -0.05) is 6.92 Å². The summed E-state index contributed by atoms with van der Waals surface area (Å²) in [7, 11) is -5.27. The number of hydrogen-bond donors (Lipinski definition) is 1. The lowest BCUT2D eigenvalue weighted by Gasteiger charge is -2.65. The Hall–Kier alpha value is -1.59. The fraction of sp³-hybridized carbons (Fsp3) is 0.870. The lowest BCUT2D eigenvalue weighted by atomic mass is 9.45. The molecule has 0 radical (unpaired) electrons. The van der Waals surface area contributed by atoms with Crippen molar-refractivity contribution in [2.45, 2.75) is 108 Å². The molecular weight excluding hydrogens is 471 g/mol. The number of halogens is 1. The van der Waals surface area contributed by atoms with Gasteiger partial charge < -0.3 is 14.2 Å². The summed E-state index contributed by atoms with van der Waals surface area (Å²) < 4.78 is 62.2. The molecule has 0 aromatic heterocycles. The molecule has 34 heavy (non-hydrogen) atoms. The number of hydrogen-bond acceptors (Lipinski definition) is 8. The van der Waals surface area contributed by atoms with E-state index in [0.29, 0.717) is 38.5 Å². The third-order valence-electron chi connectivity index (χ3n) is 6.86. The number of rotatable bonds is 10. The fourth-order valence-electron chi connectivity index (χ4n) is 6.68. The summed E-state index contributed by atoms with van der Waals surface area (Å²) in [5.41, 5.74) is -6.61. The molecule has 4 bridgehead atoms. The first-order valence-corrected chi connectivity index (χ1v) is 13.2. The monoisotopic (exact) mass is 506 g/mol. The predicted octanol–water partition coefficient (Wildman–Crippen LogP) is 3.29. The van der Waals surface area contributed by atoms with E-state index in [1.54, 1.807) is 20.8 Å². The van der Waals surface area contributed by atoms with E-state index in [0.717, 1.165) is 0 Å². The zero-order valence-electron chi connectivity index (χ0n) is 20.2. The average molecular weight is 507 g/mol. The van der Waals surface area contributed by atoms with Crippen LogP contribution >= 0.6 is 0 Å². The van der Waals surface area contributed by atoms with Crippen LogP contribution in [0.4, 0.5) is 4.39 Å². The van der Waals surface area contributed by atoms with Crippen molar-refractivity contribution in [1.29, 1.82) is 0 Å². The summed E-state index contributed by atoms with van der Waals surface area (Å²) in [5, 5.41) is 0. The molecule has 0 saturated heterocycles. The van der Waals surface area contributed by atoms with Crippen LogP contribution in [0.25, 0.3) is 0 Å². The summed E-state index contributed by atoms with van der Waals surface area (Å²) in [6.45, 7) is 6.79. The van der Waals surface area contributed by atoms with Gasteiger partial charge in [0.05, 0.1) is 5.60 Å². The normalized spacial score (nSPS) is 33.4. The Bertz CT molecular complexity index is 943. The van der Waals surface area contributed by atoms with Gasteiger partial charge in [0.25, 0.3) is 0 Å². The van der Waals surface area contributed by atoms with Crippen LogP contribution in [0.15, 0.2) is 0 Å². The van der Waals surface area contributed by atoms with E-state index in [9.17, 15) is 27.2 Å². The van der Waals surface area contributed by atoms with E-state index in [-0.39, 0.29) is 37.6 Å². The molecule has 4 fully saturated rings. The van der Waals surface area contributed by atoms with Gasteiger partial charge >= 0.3 is 27.6 Å². The molecule has 1 N–H and O–H groups in total. The summed E-state index contributed by atoms with van der Waals surface area (Å²) >= 11 is 0. The van der Waals surface area contributed by atoms with Crippen molar-refractivity contribution in [2.75, 3.05) is 6.61 Å². The number of carbonyl (C=O) groups is 3. The third kappa shape index (κ3) is 6.15. The SMILES string of the molecule is CCCC(=O)CC12CC3CC(OCC(=O)OC(C)(C)C)(C1)CC(OC(=O)C(F)S(=O)(=O)O)(C3)C2. The number of ketones is 1. The molecule has 4 aliphatic carbocycles. The largest absolute Gasteiger partial charge is 0.458 e. The summed E-state index contributed by atoms with van der Waals surface area (Å²) in [6.07, 6.45) is 3.89. The smallest absolute Gasteiger partial charge is 0.359 e. The van der Waals surface area contributed by atoms with E-state index in [1.807, 2.05) is 6.92 Å². The highest BCUT2D eigenvalue weighted by molar-refractivity contribution is 7.87. The van der Waals surface area contributed by atoms with Gasteiger partial charge in [-0.05, 0) is 70.6 Å².